The first-order valence-electron chi connectivity index (χ1n) is 8.29. The zero-order chi connectivity index (χ0) is 19.6. The molecule has 0 saturated heterocycles. The molecule has 27 heavy (non-hydrogen) atoms. The molecule has 1 aromatic heterocycles. The fourth-order valence-corrected chi connectivity index (χ4v) is 3.63. The van der Waals surface area contributed by atoms with Crippen LogP contribution >= 0.6 is 0 Å². The SMILES string of the molecule is Cc1ccc(S(=O)(=O)Nc2cc(C)c(C)cc2C(=O)c2cnccn2)cc1. The van der Waals surface area contributed by atoms with E-state index in [2.05, 4.69) is 14.7 Å². The van der Waals surface area contributed by atoms with Crippen molar-refractivity contribution in [3.05, 3.63) is 82.9 Å². The minimum Gasteiger partial charge on any atom is -0.287 e. The Morgan fingerprint density at radius 2 is 1.63 bits per heavy atom. The van der Waals surface area contributed by atoms with Gasteiger partial charge in [0.2, 0.25) is 5.78 Å². The van der Waals surface area contributed by atoms with Gasteiger partial charge >= 0.3 is 0 Å². The van der Waals surface area contributed by atoms with Crippen molar-refractivity contribution in [2.75, 3.05) is 4.72 Å². The van der Waals surface area contributed by atoms with E-state index in [9.17, 15) is 13.2 Å². The summed E-state index contributed by atoms with van der Waals surface area (Å²) >= 11 is 0. The van der Waals surface area contributed by atoms with Gasteiger partial charge in [0.15, 0.2) is 0 Å². The van der Waals surface area contributed by atoms with Crippen LogP contribution in [0.2, 0.25) is 0 Å². The van der Waals surface area contributed by atoms with E-state index < -0.39 is 15.8 Å². The second-order valence-electron chi connectivity index (χ2n) is 6.32. The van der Waals surface area contributed by atoms with Gasteiger partial charge in [-0.2, -0.15) is 0 Å². The first-order chi connectivity index (χ1) is 12.8. The van der Waals surface area contributed by atoms with Crippen molar-refractivity contribution in [2.24, 2.45) is 0 Å². The van der Waals surface area contributed by atoms with Gasteiger partial charge in [0, 0.05) is 18.0 Å². The molecular formula is C20H19N3O3S. The number of anilines is 1. The minimum atomic E-state index is -3.84. The topological polar surface area (TPSA) is 89.0 Å². The summed E-state index contributed by atoms with van der Waals surface area (Å²) in [5, 5.41) is 0. The zero-order valence-electron chi connectivity index (χ0n) is 15.2. The summed E-state index contributed by atoms with van der Waals surface area (Å²) in [4.78, 5) is 20.9. The monoisotopic (exact) mass is 381 g/mol. The number of benzene rings is 2. The normalized spacial score (nSPS) is 11.2. The Kier molecular flexibility index (Phi) is 5.05. The number of sulfonamides is 1. The molecule has 2 aromatic carbocycles. The van der Waals surface area contributed by atoms with Gasteiger partial charge in [0.25, 0.3) is 10.0 Å². The predicted molar refractivity (Wildman–Crippen MR) is 103 cm³/mol. The van der Waals surface area contributed by atoms with Gasteiger partial charge in [0.05, 0.1) is 16.8 Å². The quantitative estimate of drug-likeness (QED) is 0.684. The molecular weight excluding hydrogens is 362 g/mol. The zero-order valence-corrected chi connectivity index (χ0v) is 16.0. The van der Waals surface area contributed by atoms with E-state index in [-0.39, 0.29) is 21.8 Å². The second kappa shape index (κ2) is 7.28. The number of aromatic nitrogens is 2. The van der Waals surface area contributed by atoms with E-state index in [1.165, 1.54) is 30.7 Å². The summed E-state index contributed by atoms with van der Waals surface area (Å²) in [5.74, 6) is -0.396. The van der Waals surface area contributed by atoms with E-state index in [0.29, 0.717) is 0 Å². The Morgan fingerprint density at radius 1 is 0.963 bits per heavy atom. The molecule has 7 heteroatoms. The largest absolute Gasteiger partial charge is 0.287 e. The maximum atomic E-state index is 12.9. The number of carbonyl (C=O) groups is 1. The van der Waals surface area contributed by atoms with Crippen molar-refractivity contribution in [2.45, 2.75) is 25.7 Å². The highest BCUT2D eigenvalue weighted by molar-refractivity contribution is 7.92. The van der Waals surface area contributed by atoms with Gasteiger partial charge in [-0.05, 0) is 56.2 Å². The van der Waals surface area contributed by atoms with Crippen LogP contribution in [0.3, 0.4) is 0 Å². The van der Waals surface area contributed by atoms with Crippen LogP contribution in [-0.4, -0.2) is 24.2 Å². The molecule has 0 fully saturated rings. The van der Waals surface area contributed by atoms with Crippen molar-refractivity contribution in [3.8, 4) is 0 Å². The van der Waals surface area contributed by atoms with Crippen LogP contribution in [0.4, 0.5) is 5.69 Å². The summed E-state index contributed by atoms with van der Waals surface area (Å²) in [6, 6.07) is 9.83. The third-order valence-electron chi connectivity index (χ3n) is 4.25. The van der Waals surface area contributed by atoms with E-state index in [1.807, 2.05) is 20.8 Å². The van der Waals surface area contributed by atoms with E-state index >= 15 is 0 Å². The van der Waals surface area contributed by atoms with Gasteiger partial charge in [0.1, 0.15) is 5.69 Å². The summed E-state index contributed by atoms with van der Waals surface area (Å²) in [6.45, 7) is 5.60. The Morgan fingerprint density at radius 3 is 2.26 bits per heavy atom. The molecule has 0 atom stereocenters. The average Bonchev–Trinajstić information content (AvgIpc) is 2.65. The van der Waals surface area contributed by atoms with Gasteiger partial charge < -0.3 is 0 Å². The Labute approximate surface area is 158 Å². The summed E-state index contributed by atoms with van der Waals surface area (Å²) in [5.41, 5.74) is 3.30. The van der Waals surface area contributed by atoms with Crippen LogP contribution in [0.5, 0.6) is 0 Å². The molecule has 0 radical (unpaired) electrons. The number of hydrogen-bond acceptors (Lipinski definition) is 5. The van der Waals surface area contributed by atoms with Gasteiger partial charge in [-0.1, -0.05) is 17.7 Å². The Balaban J connectivity index is 2.06. The van der Waals surface area contributed by atoms with E-state index in [4.69, 9.17) is 0 Å². The first kappa shape index (κ1) is 18.7. The lowest BCUT2D eigenvalue weighted by atomic mass is 10.00. The second-order valence-corrected chi connectivity index (χ2v) is 8.00. The number of hydrogen-bond donors (Lipinski definition) is 1. The van der Waals surface area contributed by atoms with Crippen molar-refractivity contribution in [3.63, 3.8) is 0 Å². The molecule has 138 valence electrons. The third-order valence-corrected chi connectivity index (χ3v) is 5.63. The Bertz CT molecular complexity index is 1090. The number of nitrogens with zero attached hydrogens (tertiary/aromatic N) is 2. The molecule has 0 bridgehead atoms. The molecule has 1 N–H and O–H groups in total. The van der Waals surface area contributed by atoms with Crippen molar-refractivity contribution in [1.82, 2.24) is 9.97 Å². The van der Waals surface area contributed by atoms with Crippen molar-refractivity contribution < 1.29 is 13.2 Å². The molecule has 0 saturated carbocycles. The van der Waals surface area contributed by atoms with Crippen molar-refractivity contribution >= 4 is 21.5 Å². The van der Waals surface area contributed by atoms with Crippen LogP contribution in [0.1, 0.15) is 32.7 Å². The molecule has 0 aliphatic heterocycles. The number of carbonyl (C=O) groups excluding carboxylic acids is 1. The van der Waals surface area contributed by atoms with Gasteiger partial charge in [-0.25, -0.2) is 13.4 Å². The minimum absolute atomic E-state index is 0.129. The molecule has 0 aliphatic rings. The lowest BCUT2D eigenvalue weighted by molar-refractivity contribution is 0.103. The van der Waals surface area contributed by atoms with Crippen molar-refractivity contribution in [1.29, 1.82) is 0 Å². The number of ketones is 1. The third kappa shape index (κ3) is 4.03. The number of rotatable bonds is 5. The average molecular weight is 381 g/mol. The summed E-state index contributed by atoms with van der Waals surface area (Å²) in [7, 11) is -3.84. The molecule has 0 spiro atoms. The van der Waals surface area contributed by atoms with Crippen LogP contribution < -0.4 is 4.72 Å². The fraction of sp³-hybridized carbons (Fsp3) is 0.150. The lowest BCUT2D eigenvalue weighted by Crippen LogP contribution is -2.17. The Hall–Kier alpha value is -3.06. The highest BCUT2D eigenvalue weighted by Gasteiger charge is 2.21. The molecule has 0 aliphatic carbocycles. The summed E-state index contributed by atoms with van der Waals surface area (Å²) < 4.78 is 28.1. The smallest absolute Gasteiger partial charge is 0.261 e. The highest BCUT2D eigenvalue weighted by atomic mass is 32.2. The van der Waals surface area contributed by atoms with Crippen LogP contribution in [0.15, 0.2) is 59.9 Å². The standard InChI is InChI=1S/C20H19N3O3S/c1-13-4-6-16(7-5-13)27(25,26)23-18-11-15(3)14(2)10-17(18)20(24)19-12-21-8-9-22-19/h4-12,23H,1-3H3. The molecule has 3 aromatic rings. The number of aryl methyl sites for hydroxylation is 3. The van der Waals surface area contributed by atoms with Crippen LogP contribution in [-0.2, 0) is 10.0 Å². The highest BCUT2D eigenvalue weighted by Crippen LogP contribution is 2.26. The lowest BCUT2D eigenvalue weighted by Gasteiger charge is -2.14. The molecule has 3 rings (SSSR count). The molecule has 0 unspecified atom stereocenters. The first-order valence-corrected chi connectivity index (χ1v) is 9.78. The van der Waals surface area contributed by atoms with Gasteiger partial charge in [-0.15, -0.1) is 0 Å². The maximum absolute atomic E-state index is 12.9. The molecule has 6 nitrogen and oxygen atoms in total. The summed E-state index contributed by atoms with van der Waals surface area (Å²) in [6.07, 6.45) is 4.25. The van der Waals surface area contributed by atoms with E-state index in [0.717, 1.165) is 16.7 Å². The maximum Gasteiger partial charge on any atom is 0.261 e. The predicted octanol–water partition coefficient (Wildman–Crippen LogP) is 3.43. The molecule has 1 heterocycles. The van der Waals surface area contributed by atoms with E-state index in [1.54, 1.807) is 24.3 Å². The number of nitrogens with one attached hydrogen (secondary N) is 1. The fourth-order valence-electron chi connectivity index (χ4n) is 2.56. The van der Waals surface area contributed by atoms with Gasteiger partial charge in [-0.3, -0.25) is 14.5 Å². The molecule has 0 amide bonds. The van der Waals surface area contributed by atoms with Crippen LogP contribution in [0.25, 0.3) is 0 Å². The van der Waals surface area contributed by atoms with Crippen LogP contribution in [0, 0.1) is 20.8 Å².